The number of aromatic nitrogens is 1. The summed E-state index contributed by atoms with van der Waals surface area (Å²) in [7, 11) is 3.68. The van der Waals surface area contributed by atoms with Crippen molar-refractivity contribution < 1.29 is 9.53 Å². The number of nitrogens with zero attached hydrogens (tertiary/aromatic N) is 2. The van der Waals surface area contributed by atoms with Crippen LogP contribution in [0.2, 0.25) is 0 Å². The van der Waals surface area contributed by atoms with Crippen molar-refractivity contribution in [3.8, 4) is 0 Å². The van der Waals surface area contributed by atoms with Crippen LogP contribution in [0.4, 0.5) is 0 Å². The number of hydrogen-bond acceptors (Lipinski definition) is 4. The van der Waals surface area contributed by atoms with Crippen LogP contribution in [0.3, 0.4) is 0 Å². The Morgan fingerprint density at radius 1 is 1.45 bits per heavy atom. The molecule has 1 N–H and O–H groups in total. The van der Waals surface area contributed by atoms with Gasteiger partial charge in [-0.1, -0.05) is 0 Å². The highest BCUT2D eigenvalue weighted by Crippen LogP contribution is 2.05. The van der Waals surface area contributed by atoms with Crippen molar-refractivity contribution in [2.45, 2.75) is 0 Å². The predicted molar refractivity (Wildman–Crippen MR) is 75.8 cm³/mol. The number of pyridine rings is 1. The van der Waals surface area contributed by atoms with Gasteiger partial charge in [0.2, 0.25) is 5.56 Å². The molecule has 1 aliphatic heterocycles. The third kappa shape index (κ3) is 3.91. The van der Waals surface area contributed by atoms with Crippen molar-refractivity contribution in [3.63, 3.8) is 0 Å². The molecule has 1 aromatic rings. The Bertz CT molecular complexity index is 527. The summed E-state index contributed by atoms with van der Waals surface area (Å²) >= 11 is 0. The maximum absolute atomic E-state index is 12.0. The second-order valence-electron chi connectivity index (χ2n) is 5.28. The summed E-state index contributed by atoms with van der Waals surface area (Å²) in [4.78, 5) is 25.5. The molecule has 0 bridgehead atoms. The molecule has 1 aromatic heterocycles. The van der Waals surface area contributed by atoms with Crippen LogP contribution < -0.4 is 10.9 Å². The SMILES string of the molecule is CN1CCOC[C@H](CNC(=O)c2ccc(=O)n(C)c2)C1. The van der Waals surface area contributed by atoms with Crippen LogP contribution >= 0.6 is 0 Å². The van der Waals surface area contributed by atoms with E-state index < -0.39 is 0 Å². The molecule has 0 aliphatic carbocycles. The number of likely N-dealkylation sites (N-methyl/N-ethyl adjacent to an activating group) is 1. The largest absolute Gasteiger partial charge is 0.380 e. The minimum Gasteiger partial charge on any atom is -0.380 e. The lowest BCUT2D eigenvalue weighted by Gasteiger charge is -2.19. The van der Waals surface area contributed by atoms with Crippen LogP contribution in [0, 0.1) is 5.92 Å². The zero-order valence-electron chi connectivity index (χ0n) is 12.0. The molecule has 1 aliphatic rings. The van der Waals surface area contributed by atoms with Crippen LogP contribution in [0.5, 0.6) is 0 Å². The van der Waals surface area contributed by atoms with E-state index in [1.165, 1.54) is 10.6 Å². The molecule has 1 saturated heterocycles. The Morgan fingerprint density at radius 2 is 2.25 bits per heavy atom. The smallest absolute Gasteiger partial charge is 0.252 e. The van der Waals surface area contributed by atoms with Crippen LogP contribution in [-0.4, -0.2) is 55.3 Å². The number of aryl methyl sites for hydroxylation is 1. The summed E-state index contributed by atoms with van der Waals surface area (Å²) in [5.41, 5.74) is 0.371. The summed E-state index contributed by atoms with van der Waals surface area (Å²) < 4.78 is 6.91. The van der Waals surface area contributed by atoms with Crippen LogP contribution in [0.1, 0.15) is 10.4 Å². The average Bonchev–Trinajstić information content (AvgIpc) is 2.63. The Balaban J connectivity index is 1.91. The highest BCUT2D eigenvalue weighted by atomic mass is 16.5. The van der Waals surface area contributed by atoms with Crippen LogP contribution in [0.25, 0.3) is 0 Å². The molecule has 0 unspecified atom stereocenters. The normalized spacial score (nSPS) is 20.4. The van der Waals surface area contributed by atoms with Crippen molar-refractivity contribution in [1.82, 2.24) is 14.8 Å². The number of hydrogen-bond donors (Lipinski definition) is 1. The molecule has 1 amide bonds. The van der Waals surface area contributed by atoms with E-state index >= 15 is 0 Å². The molecule has 110 valence electrons. The zero-order chi connectivity index (χ0) is 14.5. The van der Waals surface area contributed by atoms with Gasteiger partial charge < -0.3 is 19.5 Å². The van der Waals surface area contributed by atoms with Gasteiger partial charge in [0.15, 0.2) is 0 Å². The molecule has 0 radical (unpaired) electrons. The second-order valence-corrected chi connectivity index (χ2v) is 5.28. The van der Waals surface area contributed by atoms with Gasteiger partial charge in [0.1, 0.15) is 0 Å². The molecule has 0 spiro atoms. The number of ether oxygens (including phenoxy) is 1. The highest BCUT2D eigenvalue weighted by molar-refractivity contribution is 5.93. The van der Waals surface area contributed by atoms with Crippen molar-refractivity contribution in [1.29, 1.82) is 0 Å². The van der Waals surface area contributed by atoms with Gasteiger partial charge in [0.25, 0.3) is 5.91 Å². The minimum absolute atomic E-state index is 0.125. The van der Waals surface area contributed by atoms with Crippen LogP contribution in [-0.2, 0) is 11.8 Å². The summed E-state index contributed by atoms with van der Waals surface area (Å²) in [5.74, 6) is 0.131. The van der Waals surface area contributed by atoms with E-state index in [9.17, 15) is 9.59 Å². The number of carbonyl (C=O) groups is 1. The summed E-state index contributed by atoms with van der Waals surface area (Å²) in [5, 5.41) is 2.90. The Hall–Kier alpha value is -1.66. The highest BCUT2D eigenvalue weighted by Gasteiger charge is 2.17. The minimum atomic E-state index is -0.160. The van der Waals surface area contributed by atoms with E-state index in [2.05, 4.69) is 17.3 Å². The molecule has 2 heterocycles. The Morgan fingerprint density at radius 3 is 3.00 bits per heavy atom. The van der Waals surface area contributed by atoms with Gasteiger partial charge in [-0.2, -0.15) is 0 Å². The topological polar surface area (TPSA) is 63.6 Å². The first-order valence-electron chi connectivity index (χ1n) is 6.77. The number of carbonyl (C=O) groups excluding carboxylic acids is 1. The van der Waals surface area contributed by atoms with E-state index in [1.54, 1.807) is 19.3 Å². The van der Waals surface area contributed by atoms with E-state index in [0.29, 0.717) is 24.6 Å². The fourth-order valence-corrected chi connectivity index (χ4v) is 2.25. The van der Waals surface area contributed by atoms with Gasteiger partial charge in [0.05, 0.1) is 18.8 Å². The van der Waals surface area contributed by atoms with Crippen LogP contribution in [0.15, 0.2) is 23.1 Å². The van der Waals surface area contributed by atoms with E-state index in [0.717, 1.165) is 19.7 Å². The zero-order valence-corrected chi connectivity index (χ0v) is 12.0. The summed E-state index contributed by atoms with van der Waals surface area (Å²) in [6.45, 7) is 3.81. The first-order valence-corrected chi connectivity index (χ1v) is 6.77. The van der Waals surface area contributed by atoms with Gasteiger partial charge in [-0.15, -0.1) is 0 Å². The lowest BCUT2D eigenvalue weighted by atomic mass is 10.1. The molecular formula is C14H21N3O3. The number of rotatable bonds is 3. The third-order valence-electron chi connectivity index (χ3n) is 3.44. The summed E-state index contributed by atoms with van der Waals surface area (Å²) in [6, 6.07) is 2.95. The molecule has 0 aromatic carbocycles. The van der Waals surface area contributed by atoms with E-state index in [1.807, 2.05) is 0 Å². The Kier molecular flexibility index (Phi) is 4.92. The van der Waals surface area contributed by atoms with Crippen molar-refractivity contribution in [2.24, 2.45) is 13.0 Å². The standard InChI is InChI=1S/C14H21N3O3/c1-16-5-6-20-10-11(8-16)7-15-14(19)12-3-4-13(18)17(2)9-12/h3-4,9,11H,5-8,10H2,1-2H3,(H,15,19)/t11-/m1/s1. The van der Waals surface area contributed by atoms with E-state index in [-0.39, 0.29) is 11.5 Å². The molecule has 20 heavy (non-hydrogen) atoms. The maximum atomic E-state index is 12.0. The molecule has 1 atom stereocenters. The van der Waals surface area contributed by atoms with Gasteiger partial charge in [-0.25, -0.2) is 0 Å². The average molecular weight is 279 g/mol. The van der Waals surface area contributed by atoms with Crippen molar-refractivity contribution >= 4 is 5.91 Å². The van der Waals surface area contributed by atoms with Crippen molar-refractivity contribution in [3.05, 3.63) is 34.2 Å². The molecule has 2 rings (SSSR count). The second kappa shape index (κ2) is 6.67. The summed E-state index contributed by atoms with van der Waals surface area (Å²) in [6.07, 6.45) is 1.55. The molecule has 0 saturated carbocycles. The Labute approximate surface area is 118 Å². The quantitative estimate of drug-likeness (QED) is 0.824. The van der Waals surface area contributed by atoms with Gasteiger partial charge >= 0.3 is 0 Å². The first-order chi connectivity index (χ1) is 9.56. The monoisotopic (exact) mass is 279 g/mol. The van der Waals surface area contributed by atoms with Gasteiger partial charge in [0, 0.05) is 44.9 Å². The lowest BCUT2D eigenvalue weighted by molar-refractivity contribution is 0.0920. The predicted octanol–water partition coefficient (Wildman–Crippen LogP) is -0.307. The van der Waals surface area contributed by atoms with Gasteiger partial charge in [-0.3, -0.25) is 9.59 Å². The third-order valence-corrected chi connectivity index (χ3v) is 3.44. The molecule has 6 nitrogen and oxygen atoms in total. The fraction of sp³-hybridized carbons (Fsp3) is 0.571. The number of amides is 1. The molecule has 1 fully saturated rings. The molecular weight excluding hydrogens is 258 g/mol. The lowest BCUT2D eigenvalue weighted by Crippen LogP contribution is -2.36. The fourth-order valence-electron chi connectivity index (χ4n) is 2.25. The van der Waals surface area contributed by atoms with Crippen molar-refractivity contribution in [2.75, 3.05) is 39.9 Å². The maximum Gasteiger partial charge on any atom is 0.252 e. The first kappa shape index (κ1) is 14.7. The molecule has 6 heteroatoms. The van der Waals surface area contributed by atoms with Gasteiger partial charge in [-0.05, 0) is 13.1 Å². The van der Waals surface area contributed by atoms with E-state index in [4.69, 9.17) is 4.74 Å². The number of nitrogens with one attached hydrogen (secondary N) is 1.